The predicted molar refractivity (Wildman–Crippen MR) is 104 cm³/mol. The van der Waals surface area contributed by atoms with Gasteiger partial charge in [0.1, 0.15) is 11.8 Å². The molecule has 146 valence electrons. The van der Waals surface area contributed by atoms with Gasteiger partial charge in [-0.25, -0.2) is 4.68 Å². The molecule has 0 fully saturated rings. The number of primary amides is 1. The van der Waals surface area contributed by atoms with E-state index in [0.717, 1.165) is 0 Å². The number of carbonyl (C=O) groups is 1. The number of fused-ring (bicyclic) bond motifs is 1. The zero-order chi connectivity index (χ0) is 20.7. The number of aromatic hydroxyl groups is 1. The Morgan fingerprint density at radius 3 is 2.72 bits per heavy atom. The Morgan fingerprint density at radius 2 is 2.03 bits per heavy atom. The summed E-state index contributed by atoms with van der Waals surface area (Å²) in [6.45, 7) is 1.65. The van der Waals surface area contributed by atoms with Crippen LogP contribution in [0.25, 0.3) is 11.4 Å². The third kappa shape index (κ3) is 3.06. The maximum absolute atomic E-state index is 12.2. The van der Waals surface area contributed by atoms with Gasteiger partial charge in [-0.3, -0.25) is 14.9 Å². The van der Waals surface area contributed by atoms with Crippen LogP contribution in [-0.2, 0) is 4.79 Å². The molecule has 0 spiro atoms. The first-order chi connectivity index (χ1) is 13.9. The number of phenolic OH excluding ortho intramolecular Hbond substituents is 1. The molecule has 3 aromatic rings. The molecule has 0 aliphatic carbocycles. The van der Waals surface area contributed by atoms with Crippen LogP contribution in [0.15, 0.2) is 59.8 Å². The number of nitrogens with zero attached hydrogens (tertiary/aromatic N) is 4. The van der Waals surface area contributed by atoms with E-state index >= 15 is 0 Å². The normalized spacial score (nSPS) is 15.6. The minimum Gasteiger partial charge on any atom is -0.508 e. The van der Waals surface area contributed by atoms with E-state index in [1.807, 2.05) is 0 Å². The van der Waals surface area contributed by atoms with Crippen molar-refractivity contribution in [3.05, 3.63) is 75.5 Å². The molecular formula is C19H16N6O4. The highest BCUT2D eigenvalue weighted by Gasteiger charge is 2.36. The number of anilines is 1. The van der Waals surface area contributed by atoms with Gasteiger partial charge < -0.3 is 16.2 Å². The average molecular weight is 392 g/mol. The topological polar surface area (TPSA) is 149 Å². The van der Waals surface area contributed by atoms with Gasteiger partial charge in [-0.1, -0.05) is 24.3 Å². The number of para-hydroxylation sites is 1. The van der Waals surface area contributed by atoms with Crippen molar-refractivity contribution in [3.8, 4) is 17.1 Å². The zero-order valence-electron chi connectivity index (χ0n) is 15.2. The Morgan fingerprint density at radius 1 is 1.28 bits per heavy atom. The number of hydrogen-bond acceptors (Lipinski definition) is 7. The van der Waals surface area contributed by atoms with Crippen LogP contribution in [0.1, 0.15) is 18.5 Å². The summed E-state index contributed by atoms with van der Waals surface area (Å²) in [6, 6.07) is 11.6. The van der Waals surface area contributed by atoms with E-state index in [-0.39, 0.29) is 28.4 Å². The molecular weight excluding hydrogens is 376 g/mol. The van der Waals surface area contributed by atoms with Gasteiger partial charge >= 0.3 is 0 Å². The molecule has 1 aliphatic rings. The second-order valence-corrected chi connectivity index (χ2v) is 6.50. The van der Waals surface area contributed by atoms with Crippen molar-refractivity contribution < 1.29 is 14.8 Å². The van der Waals surface area contributed by atoms with Crippen molar-refractivity contribution in [3.63, 3.8) is 0 Å². The van der Waals surface area contributed by atoms with Gasteiger partial charge in [-0.2, -0.15) is 4.98 Å². The Balaban J connectivity index is 1.94. The van der Waals surface area contributed by atoms with Crippen LogP contribution in [0.3, 0.4) is 0 Å². The summed E-state index contributed by atoms with van der Waals surface area (Å²) in [6.07, 6.45) is 0. The lowest BCUT2D eigenvalue weighted by Crippen LogP contribution is -2.32. The van der Waals surface area contributed by atoms with Crippen molar-refractivity contribution >= 4 is 17.5 Å². The highest BCUT2D eigenvalue weighted by molar-refractivity contribution is 5.95. The lowest BCUT2D eigenvalue weighted by molar-refractivity contribution is -0.385. The summed E-state index contributed by atoms with van der Waals surface area (Å²) in [7, 11) is 0. The fourth-order valence-electron chi connectivity index (χ4n) is 3.41. The highest BCUT2D eigenvalue weighted by atomic mass is 16.6. The highest BCUT2D eigenvalue weighted by Crippen LogP contribution is 2.39. The number of phenols is 1. The summed E-state index contributed by atoms with van der Waals surface area (Å²) in [5.41, 5.74) is 6.84. The molecule has 4 rings (SSSR count). The molecule has 1 unspecified atom stereocenters. The van der Waals surface area contributed by atoms with Crippen molar-refractivity contribution in [1.29, 1.82) is 0 Å². The Hall–Kier alpha value is -4.21. The number of hydrogen-bond donors (Lipinski definition) is 3. The lowest BCUT2D eigenvalue weighted by atomic mass is 9.94. The van der Waals surface area contributed by atoms with E-state index in [9.17, 15) is 20.0 Å². The standard InChI is InChI=1S/C19H16N6O4/c1-10-15(17(20)27)16(13-7-2-3-8-14(13)25(28)29)24-19(21-10)22-18(23-24)11-5-4-6-12(26)9-11/h2-9,16,26H,1H3,(H2,20,27)(H,21,22,23). The smallest absolute Gasteiger partial charge is 0.275 e. The van der Waals surface area contributed by atoms with Gasteiger partial charge in [0.25, 0.3) is 5.69 Å². The van der Waals surface area contributed by atoms with E-state index in [4.69, 9.17) is 5.73 Å². The van der Waals surface area contributed by atoms with Crippen molar-refractivity contribution in [2.45, 2.75) is 13.0 Å². The Labute approximate surface area is 164 Å². The SMILES string of the molecule is CC1=C(C(N)=O)C(c2ccccc2[N+](=O)[O-])n2nc(-c3cccc(O)c3)nc2N1. The van der Waals surface area contributed by atoms with Crippen LogP contribution in [0.5, 0.6) is 5.75 Å². The van der Waals surface area contributed by atoms with Crippen molar-refractivity contribution in [2.75, 3.05) is 5.32 Å². The molecule has 0 radical (unpaired) electrons. The monoisotopic (exact) mass is 392 g/mol. The number of aromatic nitrogens is 3. The fraction of sp³-hybridized carbons (Fsp3) is 0.105. The van der Waals surface area contributed by atoms with Gasteiger partial charge in [0, 0.05) is 17.3 Å². The third-order valence-electron chi connectivity index (χ3n) is 4.65. The number of allylic oxidation sites excluding steroid dienone is 1. The summed E-state index contributed by atoms with van der Waals surface area (Å²) in [5.74, 6) is -0.0942. The lowest BCUT2D eigenvalue weighted by Gasteiger charge is -2.27. The summed E-state index contributed by atoms with van der Waals surface area (Å²) >= 11 is 0. The maximum Gasteiger partial charge on any atom is 0.275 e. The number of rotatable bonds is 4. The second-order valence-electron chi connectivity index (χ2n) is 6.50. The molecule has 29 heavy (non-hydrogen) atoms. The fourth-order valence-corrected chi connectivity index (χ4v) is 3.41. The molecule has 10 nitrogen and oxygen atoms in total. The molecule has 1 aliphatic heterocycles. The number of benzene rings is 2. The van der Waals surface area contributed by atoms with Gasteiger partial charge in [-0.15, -0.1) is 5.10 Å². The Bertz CT molecular complexity index is 1180. The van der Waals surface area contributed by atoms with Crippen LogP contribution < -0.4 is 11.1 Å². The number of carbonyl (C=O) groups excluding carboxylic acids is 1. The van der Waals surface area contributed by atoms with Crippen LogP contribution in [0.4, 0.5) is 11.6 Å². The van der Waals surface area contributed by atoms with Gasteiger partial charge in [0.15, 0.2) is 5.82 Å². The maximum atomic E-state index is 12.2. The summed E-state index contributed by atoms with van der Waals surface area (Å²) in [4.78, 5) is 27.7. The van der Waals surface area contributed by atoms with Gasteiger partial charge in [-0.05, 0) is 25.1 Å². The van der Waals surface area contributed by atoms with Crippen LogP contribution in [0.2, 0.25) is 0 Å². The number of nitrogens with one attached hydrogen (secondary N) is 1. The minimum absolute atomic E-state index is 0.0469. The average Bonchev–Trinajstić information content (AvgIpc) is 3.10. The van der Waals surface area contributed by atoms with E-state index < -0.39 is 16.9 Å². The third-order valence-corrected chi connectivity index (χ3v) is 4.65. The number of nitro groups is 1. The first-order valence-electron chi connectivity index (χ1n) is 8.63. The Kier molecular flexibility index (Phi) is 4.23. The van der Waals surface area contributed by atoms with Crippen molar-refractivity contribution in [2.24, 2.45) is 5.73 Å². The van der Waals surface area contributed by atoms with E-state index in [1.54, 1.807) is 37.3 Å². The molecule has 1 atom stereocenters. The van der Waals surface area contributed by atoms with Gasteiger partial charge in [0.05, 0.1) is 16.1 Å². The van der Waals surface area contributed by atoms with E-state index in [2.05, 4.69) is 15.4 Å². The van der Waals surface area contributed by atoms with Crippen molar-refractivity contribution in [1.82, 2.24) is 14.8 Å². The molecule has 1 amide bonds. The molecule has 4 N–H and O–H groups in total. The molecule has 0 saturated heterocycles. The molecule has 2 aromatic carbocycles. The quantitative estimate of drug-likeness (QED) is 0.455. The molecule has 2 heterocycles. The van der Waals surface area contributed by atoms with Crippen LogP contribution in [-0.4, -0.2) is 30.7 Å². The number of nitrogens with two attached hydrogens (primary N) is 1. The minimum atomic E-state index is -0.927. The van der Waals surface area contributed by atoms with Crippen LogP contribution in [0, 0.1) is 10.1 Å². The number of nitro benzene ring substituents is 1. The second kappa shape index (κ2) is 6.75. The largest absolute Gasteiger partial charge is 0.508 e. The molecule has 0 saturated carbocycles. The molecule has 0 bridgehead atoms. The summed E-state index contributed by atoms with van der Waals surface area (Å²) in [5, 5.41) is 28.8. The first-order valence-corrected chi connectivity index (χ1v) is 8.63. The molecule has 10 heteroatoms. The van der Waals surface area contributed by atoms with Crippen LogP contribution >= 0.6 is 0 Å². The van der Waals surface area contributed by atoms with E-state index in [0.29, 0.717) is 17.2 Å². The van der Waals surface area contributed by atoms with Gasteiger partial charge in [0.2, 0.25) is 11.9 Å². The first kappa shape index (κ1) is 18.2. The van der Waals surface area contributed by atoms with E-state index in [1.165, 1.54) is 22.9 Å². The summed E-state index contributed by atoms with van der Waals surface area (Å²) < 4.78 is 1.40. The number of amides is 1. The zero-order valence-corrected chi connectivity index (χ0v) is 15.2. The predicted octanol–water partition coefficient (Wildman–Crippen LogP) is 2.33. The molecule has 1 aromatic heterocycles.